The van der Waals surface area contributed by atoms with Crippen molar-refractivity contribution >= 4 is 46.1 Å². The van der Waals surface area contributed by atoms with Gasteiger partial charge in [-0.05, 0) is 37.1 Å². The van der Waals surface area contributed by atoms with Crippen LogP contribution in [0, 0.1) is 5.92 Å². The number of hydrogen-bond donors (Lipinski definition) is 2. The number of anilines is 1. The van der Waals surface area contributed by atoms with Crippen LogP contribution >= 0.6 is 11.8 Å². The number of amides is 2. The molecule has 0 radical (unpaired) electrons. The molecule has 0 spiro atoms. The lowest BCUT2D eigenvalue weighted by Crippen LogP contribution is -2.42. The fraction of sp³-hybridized carbons (Fsp3) is 0.273. The van der Waals surface area contributed by atoms with Crippen molar-refractivity contribution in [1.82, 2.24) is 24.5 Å². The molecule has 2 aromatic carbocycles. The number of para-hydroxylation sites is 3. The molecule has 4 aromatic rings. The Morgan fingerprint density at radius 2 is 1.81 bits per heavy atom. The Morgan fingerprint density at radius 3 is 2.61 bits per heavy atom. The third kappa shape index (κ3) is 4.00. The van der Waals surface area contributed by atoms with E-state index in [4.69, 9.17) is 0 Å². The highest BCUT2D eigenvalue weighted by atomic mass is 32.2. The first kappa shape index (κ1) is 19.6. The van der Waals surface area contributed by atoms with Crippen LogP contribution in [-0.2, 0) is 9.59 Å². The molecule has 0 aliphatic carbocycles. The predicted octanol–water partition coefficient (Wildman–Crippen LogP) is 3.18. The largest absolute Gasteiger partial charge is 0.342 e. The van der Waals surface area contributed by atoms with E-state index in [1.807, 2.05) is 63.9 Å². The zero-order valence-electron chi connectivity index (χ0n) is 16.8. The van der Waals surface area contributed by atoms with E-state index in [1.54, 1.807) is 0 Å². The molecule has 0 saturated carbocycles. The molecule has 1 aliphatic heterocycles. The van der Waals surface area contributed by atoms with Crippen molar-refractivity contribution in [3.8, 4) is 0 Å². The second-order valence-electron chi connectivity index (χ2n) is 7.56. The summed E-state index contributed by atoms with van der Waals surface area (Å²) in [7, 11) is 0. The lowest BCUT2D eigenvalue weighted by Gasteiger charge is -2.31. The molecule has 9 heteroatoms. The SMILES string of the molecule is O=C(Nc1ccccc1)C1CCN(C(=O)CSc2n[nH]c3nc4ccccc4n23)CC1. The zero-order chi connectivity index (χ0) is 21.2. The highest BCUT2D eigenvalue weighted by molar-refractivity contribution is 7.99. The molecule has 2 N–H and O–H groups in total. The van der Waals surface area contributed by atoms with Crippen molar-refractivity contribution in [2.75, 3.05) is 24.2 Å². The van der Waals surface area contributed by atoms with Crippen LogP contribution in [0.15, 0.2) is 59.8 Å². The maximum absolute atomic E-state index is 12.7. The van der Waals surface area contributed by atoms with Crippen molar-refractivity contribution in [2.45, 2.75) is 18.0 Å². The molecule has 1 aliphatic rings. The highest BCUT2D eigenvalue weighted by Crippen LogP contribution is 2.24. The summed E-state index contributed by atoms with van der Waals surface area (Å²) in [4.78, 5) is 31.6. The molecule has 0 atom stereocenters. The molecule has 1 fully saturated rings. The average Bonchev–Trinajstić information content (AvgIpc) is 3.37. The average molecular weight is 435 g/mol. The first-order valence-electron chi connectivity index (χ1n) is 10.3. The summed E-state index contributed by atoms with van der Waals surface area (Å²) in [6, 6.07) is 17.3. The van der Waals surface area contributed by atoms with Crippen molar-refractivity contribution in [2.24, 2.45) is 5.92 Å². The topological polar surface area (TPSA) is 95.4 Å². The van der Waals surface area contributed by atoms with Crippen LogP contribution in [0.4, 0.5) is 5.69 Å². The normalized spacial score (nSPS) is 14.9. The van der Waals surface area contributed by atoms with E-state index in [-0.39, 0.29) is 17.7 Å². The lowest BCUT2D eigenvalue weighted by atomic mass is 9.96. The number of carbonyl (C=O) groups is 2. The first-order chi connectivity index (χ1) is 15.2. The molecule has 2 aromatic heterocycles. The van der Waals surface area contributed by atoms with Gasteiger partial charge >= 0.3 is 0 Å². The van der Waals surface area contributed by atoms with Gasteiger partial charge in [-0.15, -0.1) is 5.10 Å². The summed E-state index contributed by atoms with van der Waals surface area (Å²) >= 11 is 1.40. The van der Waals surface area contributed by atoms with Crippen LogP contribution in [0.5, 0.6) is 0 Å². The Hall–Kier alpha value is -3.33. The molecule has 1 saturated heterocycles. The quantitative estimate of drug-likeness (QED) is 0.471. The number of rotatable bonds is 5. The Bertz CT molecular complexity index is 1230. The number of nitrogens with zero attached hydrogens (tertiary/aromatic N) is 4. The van der Waals surface area contributed by atoms with Crippen molar-refractivity contribution in [3.05, 3.63) is 54.6 Å². The monoisotopic (exact) mass is 434 g/mol. The number of fused-ring (bicyclic) bond motifs is 3. The Morgan fingerprint density at radius 1 is 1.06 bits per heavy atom. The summed E-state index contributed by atoms with van der Waals surface area (Å²) in [5.74, 6) is 0.987. The number of aromatic amines is 1. The standard InChI is InChI=1S/C22H22N6O2S/c29-19(14-31-22-26-25-21-24-17-8-4-5-9-18(17)28(21)22)27-12-10-15(11-13-27)20(30)23-16-6-2-1-3-7-16/h1-9,15H,10-14H2,(H,23,30)(H,24,25). The van der Waals surface area contributed by atoms with Crippen LogP contribution in [-0.4, -0.2) is 55.1 Å². The van der Waals surface area contributed by atoms with Gasteiger partial charge in [0.25, 0.3) is 0 Å². The van der Waals surface area contributed by atoms with E-state index in [9.17, 15) is 9.59 Å². The van der Waals surface area contributed by atoms with Gasteiger partial charge in [-0.25, -0.2) is 10.1 Å². The van der Waals surface area contributed by atoms with Gasteiger partial charge < -0.3 is 10.2 Å². The van der Waals surface area contributed by atoms with E-state index in [0.29, 0.717) is 42.6 Å². The van der Waals surface area contributed by atoms with Gasteiger partial charge in [0.15, 0.2) is 5.16 Å². The third-order valence-electron chi connectivity index (χ3n) is 5.59. The third-order valence-corrected chi connectivity index (χ3v) is 6.51. The fourth-order valence-electron chi connectivity index (χ4n) is 3.91. The van der Waals surface area contributed by atoms with Crippen molar-refractivity contribution < 1.29 is 9.59 Å². The number of piperidine rings is 1. The molecule has 158 valence electrons. The lowest BCUT2D eigenvalue weighted by molar-refractivity contribution is -0.132. The fourth-order valence-corrected chi connectivity index (χ4v) is 4.77. The minimum Gasteiger partial charge on any atom is -0.342 e. The first-order valence-corrected chi connectivity index (χ1v) is 11.3. The summed E-state index contributed by atoms with van der Waals surface area (Å²) in [6.45, 7) is 1.19. The molecule has 0 bridgehead atoms. The number of carbonyl (C=O) groups excluding carboxylic acids is 2. The van der Waals surface area contributed by atoms with Gasteiger partial charge in [-0.2, -0.15) is 0 Å². The molecule has 5 rings (SSSR count). The zero-order valence-corrected chi connectivity index (χ0v) is 17.6. The van der Waals surface area contributed by atoms with Crippen LogP contribution in [0.1, 0.15) is 12.8 Å². The number of imidazole rings is 1. The minimum absolute atomic E-state index is 0.0265. The molecule has 3 heterocycles. The van der Waals surface area contributed by atoms with E-state index in [0.717, 1.165) is 16.7 Å². The highest BCUT2D eigenvalue weighted by Gasteiger charge is 2.27. The number of aromatic nitrogens is 4. The van der Waals surface area contributed by atoms with Gasteiger partial charge in [0.1, 0.15) is 0 Å². The number of nitrogens with one attached hydrogen (secondary N) is 2. The van der Waals surface area contributed by atoms with E-state index in [1.165, 1.54) is 11.8 Å². The molecular formula is C22H22N6O2S. The second kappa shape index (κ2) is 8.43. The Kier molecular flexibility index (Phi) is 5.33. The van der Waals surface area contributed by atoms with Gasteiger partial charge in [-0.3, -0.25) is 14.0 Å². The maximum atomic E-state index is 12.7. The summed E-state index contributed by atoms with van der Waals surface area (Å²) in [6.07, 6.45) is 1.35. The van der Waals surface area contributed by atoms with E-state index in [2.05, 4.69) is 20.5 Å². The van der Waals surface area contributed by atoms with Gasteiger partial charge in [-0.1, -0.05) is 42.1 Å². The smallest absolute Gasteiger partial charge is 0.233 e. The van der Waals surface area contributed by atoms with Crippen LogP contribution in [0.25, 0.3) is 16.8 Å². The Balaban J connectivity index is 1.16. The number of likely N-dealkylation sites (tertiary alicyclic amines) is 1. The van der Waals surface area contributed by atoms with Crippen molar-refractivity contribution in [1.29, 1.82) is 0 Å². The van der Waals surface area contributed by atoms with Gasteiger partial charge in [0, 0.05) is 24.7 Å². The number of H-pyrrole nitrogens is 1. The molecule has 8 nitrogen and oxygen atoms in total. The summed E-state index contributed by atoms with van der Waals surface area (Å²) in [5.41, 5.74) is 2.66. The maximum Gasteiger partial charge on any atom is 0.233 e. The van der Waals surface area contributed by atoms with Crippen molar-refractivity contribution in [3.63, 3.8) is 0 Å². The van der Waals surface area contributed by atoms with E-state index < -0.39 is 0 Å². The molecule has 0 unspecified atom stereocenters. The molecule has 2 amide bonds. The van der Waals surface area contributed by atoms with Crippen LogP contribution in [0.2, 0.25) is 0 Å². The molecular weight excluding hydrogens is 412 g/mol. The predicted molar refractivity (Wildman–Crippen MR) is 120 cm³/mol. The van der Waals surface area contributed by atoms with Gasteiger partial charge in [0.2, 0.25) is 17.6 Å². The number of hydrogen-bond acceptors (Lipinski definition) is 5. The summed E-state index contributed by atoms with van der Waals surface area (Å²) < 4.78 is 1.94. The van der Waals surface area contributed by atoms with Crippen LogP contribution < -0.4 is 5.32 Å². The summed E-state index contributed by atoms with van der Waals surface area (Å²) in [5, 5.41) is 10.9. The Labute approximate surface area is 183 Å². The minimum atomic E-state index is -0.0693. The van der Waals surface area contributed by atoms with E-state index >= 15 is 0 Å². The van der Waals surface area contributed by atoms with Crippen LogP contribution in [0.3, 0.4) is 0 Å². The number of thioether (sulfide) groups is 1. The second-order valence-corrected chi connectivity index (χ2v) is 8.51. The number of benzene rings is 2. The van der Waals surface area contributed by atoms with Gasteiger partial charge in [0.05, 0.1) is 16.8 Å². The molecule has 31 heavy (non-hydrogen) atoms.